The van der Waals surface area contributed by atoms with E-state index in [1.54, 1.807) is 32.9 Å². The van der Waals surface area contributed by atoms with E-state index in [4.69, 9.17) is 9.47 Å². The summed E-state index contributed by atoms with van der Waals surface area (Å²) in [7, 11) is 1.37. The van der Waals surface area contributed by atoms with Crippen LogP contribution >= 0.6 is 0 Å². The molecule has 0 heterocycles. The highest BCUT2D eigenvalue weighted by Crippen LogP contribution is 2.48. The minimum absolute atomic E-state index is 0.0600. The van der Waals surface area contributed by atoms with Gasteiger partial charge >= 0.3 is 11.9 Å². The fraction of sp³-hybridized carbons (Fsp3) is 0.487. The van der Waals surface area contributed by atoms with E-state index in [1.807, 2.05) is 82.4 Å². The first kappa shape index (κ1) is 39.3. The maximum absolute atomic E-state index is 12.3. The van der Waals surface area contributed by atoms with Gasteiger partial charge in [0.25, 0.3) is 0 Å². The predicted octanol–water partition coefficient (Wildman–Crippen LogP) is 8.57. The summed E-state index contributed by atoms with van der Waals surface area (Å²) in [6, 6.07) is 0. The Morgan fingerprint density at radius 2 is 1.49 bits per heavy atom. The summed E-state index contributed by atoms with van der Waals surface area (Å²) < 4.78 is 10.5. The maximum atomic E-state index is 12.3. The van der Waals surface area contributed by atoms with Gasteiger partial charge in [-0.05, 0) is 76.5 Å². The first-order valence-electron chi connectivity index (χ1n) is 15.8. The van der Waals surface area contributed by atoms with Crippen molar-refractivity contribution < 1.29 is 29.0 Å². The lowest BCUT2D eigenvalue weighted by Gasteiger charge is -2.44. The molecule has 0 bridgehead atoms. The van der Waals surface area contributed by atoms with Gasteiger partial charge in [0, 0.05) is 12.0 Å². The number of carbonyl (C=O) groups excluding carboxylic acids is 3. The molecular weight excluding hydrogens is 564 g/mol. The number of ether oxygens (including phenoxy) is 2. The summed E-state index contributed by atoms with van der Waals surface area (Å²) in [5.74, 6) is -0.895. The Kier molecular flexibility index (Phi) is 17.1. The number of methoxy groups -OCH3 is 1. The largest absolute Gasteiger partial charge is 0.469 e. The molecular formula is C39H54O6. The van der Waals surface area contributed by atoms with Gasteiger partial charge in [0.2, 0.25) is 0 Å². The molecule has 0 aromatic heterocycles. The highest BCUT2D eigenvalue weighted by Gasteiger charge is 2.47. The number of unbranched alkanes of at least 4 members (excludes halogenated alkanes) is 2. The second-order valence-electron chi connectivity index (χ2n) is 12.6. The van der Waals surface area contributed by atoms with Crippen molar-refractivity contribution in [1.82, 2.24) is 0 Å². The molecule has 1 aliphatic carbocycles. The van der Waals surface area contributed by atoms with E-state index in [1.165, 1.54) is 7.11 Å². The van der Waals surface area contributed by atoms with Crippen LogP contribution in [-0.2, 0) is 23.9 Å². The normalized spacial score (nSPS) is 21.4. The number of hydrogen-bond acceptors (Lipinski definition) is 6. The second-order valence-corrected chi connectivity index (χ2v) is 12.6. The molecule has 1 saturated carbocycles. The van der Waals surface area contributed by atoms with Crippen molar-refractivity contribution in [1.29, 1.82) is 0 Å². The van der Waals surface area contributed by atoms with Gasteiger partial charge in [-0.1, -0.05) is 106 Å². The van der Waals surface area contributed by atoms with Crippen molar-refractivity contribution in [2.24, 2.45) is 11.3 Å². The number of carbonyl (C=O) groups is 3. The highest BCUT2D eigenvalue weighted by atomic mass is 16.5. The minimum atomic E-state index is -1.24. The predicted molar refractivity (Wildman–Crippen MR) is 183 cm³/mol. The first-order valence-corrected chi connectivity index (χ1v) is 15.8. The lowest BCUT2D eigenvalue weighted by atomic mass is 9.62. The molecule has 45 heavy (non-hydrogen) atoms. The average molecular weight is 619 g/mol. The summed E-state index contributed by atoms with van der Waals surface area (Å²) in [4.78, 5) is 35.9. The van der Waals surface area contributed by atoms with Crippen molar-refractivity contribution in [2.75, 3.05) is 13.7 Å². The molecule has 0 aliphatic heterocycles. The number of aliphatic hydroxyl groups is 1. The lowest BCUT2D eigenvalue weighted by Crippen LogP contribution is -2.45. The summed E-state index contributed by atoms with van der Waals surface area (Å²) in [5, 5.41) is 11.3. The molecule has 246 valence electrons. The van der Waals surface area contributed by atoms with Crippen LogP contribution in [-0.4, -0.2) is 42.1 Å². The quantitative estimate of drug-likeness (QED) is 0.0650. The molecule has 0 aromatic rings. The Morgan fingerprint density at radius 3 is 2.02 bits per heavy atom. The molecule has 2 unspecified atom stereocenters. The molecule has 6 heteroatoms. The van der Waals surface area contributed by atoms with Gasteiger partial charge in [-0.15, -0.1) is 5.73 Å². The van der Waals surface area contributed by atoms with E-state index in [0.717, 1.165) is 36.0 Å². The van der Waals surface area contributed by atoms with Crippen LogP contribution in [0.1, 0.15) is 93.9 Å². The number of allylic oxidation sites excluding steroid dienone is 13. The van der Waals surface area contributed by atoms with Crippen molar-refractivity contribution in [2.45, 2.75) is 99.5 Å². The second kappa shape index (κ2) is 19.6. The SMILES string of the molecule is CCCCCC(=O)OC\C(C=C=C1C(C)(C)CC(C(=O)OC)CC1(C)O)=C/C=C/C(C)=C/C=C/C=C(C)/C=C/C=C(\C)C(C)=O. The molecule has 1 N–H and O–H groups in total. The van der Waals surface area contributed by atoms with Gasteiger partial charge in [-0.2, -0.15) is 0 Å². The Labute approximate surface area is 271 Å². The molecule has 0 amide bonds. The lowest BCUT2D eigenvalue weighted by molar-refractivity contribution is -0.150. The average Bonchev–Trinajstić information content (AvgIpc) is 2.96. The standard InChI is InChI=1S/C39H54O6/c1-10-11-12-23-36(41)45-28-33(24-25-35-38(6,7)26-34(37(42)44-9)27-39(35,8)43)22-16-20-30(3)18-14-13-17-29(2)19-15-21-31(4)32(5)40/h13-22,24,34,43H,10-12,23,26-28H2,1-9H3/b14-13+,19-15+,20-16+,29-17+,30-18+,31-21+,33-22-. The molecule has 1 aliphatic rings. The number of ketones is 1. The fourth-order valence-electron chi connectivity index (χ4n) is 5.15. The summed E-state index contributed by atoms with van der Waals surface area (Å²) in [6.07, 6.45) is 25.0. The third-order valence-electron chi connectivity index (χ3n) is 7.70. The van der Waals surface area contributed by atoms with E-state index in [-0.39, 0.29) is 30.7 Å². The molecule has 6 nitrogen and oxygen atoms in total. The molecule has 1 rings (SSSR count). The van der Waals surface area contributed by atoms with E-state index in [2.05, 4.69) is 12.7 Å². The van der Waals surface area contributed by atoms with Gasteiger partial charge < -0.3 is 14.6 Å². The van der Waals surface area contributed by atoms with Crippen LogP contribution in [0.15, 0.2) is 100 Å². The number of hydrogen-bond donors (Lipinski definition) is 1. The number of rotatable bonds is 15. The number of Topliss-reactive ketones (excluding diaryl/α,β-unsaturated/α-hetero) is 1. The van der Waals surface area contributed by atoms with Crippen LogP contribution in [0.2, 0.25) is 0 Å². The Morgan fingerprint density at radius 1 is 0.889 bits per heavy atom. The molecule has 0 radical (unpaired) electrons. The summed E-state index contributed by atoms with van der Waals surface area (Å²) in [5.41, 5.74) is 5.79. The van der Waals surface area contributed by atoms with Gasteiger partial charge in [0.1, 0.15) is 6.61 Å². The van der Waals surface area contributed by atoms with Crippen LogP contribution in [0.3, 0.4) is 0 Å². The van der Waals surface area contributed by atoms with E-state index >= 15 is 0 Å². The summed E-state index contributed by atoms with van der Waals surface area (Å²) >= 11 is 0. The maximum Gasteiger partial charge on any atom is 0.308 e. The van der Waals surface area contributed by atoms with Crippen molar-refractivity contribution >= 4 is 17.7 Å². The molecule has 2 atom stereocenters. The molecule has 1 fully saturated rings. The van der Waals surface area contributed by atoms with E-state index < -0.39 is 16.9 Å². The van der Waals surface area contributed by atoms with Crippen LogP contribution in [0.4, 0.5) is 0 Å². The molecule has 0 spiro atoms. The fourth-order valence-corrected chi connectivity index (χ4v) is 5.15. The highest BCUT2D eigenvalue weighted by molar-refractivity contribution is 5.92. The Hall–Kier alpha value is -3.73. The van der Waals surface area contributed by atoms with Gasteiger partial charge in [0.05, 0.1) is 18.6 Å². The van der Waals surface area contributed by atoms with E-state index in [9.17, 15) is 19.5 Å². The third-order valence-corrected chi connectivity index (χ3v) is 7.70. The zero-order valence-electron chi connectivity index (χ0n) is 28.9. The summed E-state index contributed by atoms with van der Waals surface area (Å²) in [6.45, 7) is 15.2. The van der Waals surface area contributed by atoms with Crippen molar-refractivity contribution in [3.8, 4) is 0 Å². The Bertz CT molecular complexity index is 1300. The van der Waals surface area contributed by atoms with Crippen molar-refractivity contribution in [3.63, 3.8) is 0 Å². The third kappa shape index (κ3) is 15.2. The zero-order valence-corrected chi connectivity index (χ0v) is 28.9. The van der Waals surface area contributed by atoms with Crippen LogP contribution in [0, 0.1) is 11.3 Å². The van der Waals surface area contributed by atoms with Gasteiger partial charge in [-0.25, -0.2) is 0 Å². The van der Waals surface area contributed by atoms with Gasteiger partial charge in [0.15, 0.2) is 5.78 Å². The van der Waals surface area contributed by atoms with Crippen LogP contribution in [0.5, 0.6) is 0 Å². The smallest absolute Gasteiger partial charge is 0.308 e. The monoisotopic (exact) mass is 618 g/mol. The minimum Gasteiger partial charge on any atom is -0.469 e. The van der Waals surface area contributed by atoms with Gasteiger partial charge in [-0.3, -0.25) is 14.4 Å². The molecule has 0 saturated heterocycles. The topological polar surface area (TPSA) is 89.9 Å². The Balaban J connectivity index is 3.19. The van der Waals surface area contributed by atoms with Crippen molar-refractivity contribution in [3.05, 3.63) is 100 Å². The first-order chi connectivity index (χ1) is 21.1. The zero-order chi connectivity index (χ0) is 34.0. The van der Waals surface area contributed by atoms with Crippen LogP contribution in [0.25, 0.3) is 0 Å². The van der Waals surface area contributed by atoms with E-state index in [0.29, 0.717) is 24.0 Å². The molecule has 0 aromatic carbocycles. The van der Waals surface area contributed by atoms with Crippen LogP contribution < -0.4 is 0 Å². The number of esters is 2.